The molecular formula is C20H22O2S. The van der Waals surface area contributed by atoms with Gasteiger partial charge in [0.25, 0.3) is 0 Å². The summed E-state index contributed by atoms with van der Waals surface area (Å²) in [5, 5.41) is 10.5. The average molecular weight is 326 g/mol. The summed E-state index contributed by atoms with van der Waals surface area (Å²) < 4.78 is -0.543. The van der Waals surface area contributed by atoms with Crippen LogP contribution >= 0.6 is 11.8 Å². The lowest BCUT2D eigenvalue weighted by Crippen LogP contribution is -2.14. The maximum Gasteiger partial charge on any atom is 0.224 e. The van der Waals surface area contributed by atoms with Crippen LogP contribution in [0.1, 0.15) is 48.9 Å². The van der Waals surface area contributed by atoms with Gasteiger partial charge in [0.05, 0.1) is 10.3 Å². The Morgan fingerprint density at radius 3 is 2.26 bits per heavy atom. The normalized spacial score (nSPS) is 20.2. The molecule has 0 bridgehead atoms. The zero-order valence-electron chi connectivity index (χ0n) is 14.1. The van der Waals surface area contributed by atoms with Crippen molar-refractivity contribution in [2.75, 3.05) is 0 Å². The largest absolute Gasteiger partial charge is 0.510 e. The highest BCUT2D eigenvalue weighted by molar-refractivity contribution is 8.16. The Kier molecular flexibility index (Phi) is 4.01. The van der Waals surface area contributed by atoms with Crippen molar-refractivity contribution < 1.29 is 9.90 Å². The molecule has 0 unspecified atom stereocenters. The van der Waals surface area contributed by atoms with E-state index in [1.165, 1.54) is 22.9 Å². The van der Waals surface area contributed by atoms with Gasteiger partial charge in [-0.15, -0.1) is 0 Å². The predicted molar refractivity (Wildman–Crippen MR) is 98.5 cm³/mol. The molecule has 2 aliphatic rings. The highest BCUT2D eigenvalue weighted by Gasteiger charge is 2.41. The highest BCUT2D eigenvalue weighted by atomic mass is 32.2. The highest BCUT2D eigenvalue weighted by Crippen LogP contribution is 2.47. The molecule has 0 fully saturated rings. The van der Waals surface area contributed by atoms with Crippen LogP contribution in [0.15, 0.2) is 36.1 Å². The third-order valence-corrected chi connectivity index (χ3v) is 5.56. The Morgan fingerprint density at radius 1 is 1.13 bits per heavy atom. The van der Waals surface area contributed by atoms with Crippen LogP contribution in [0, 0.1) is 13.8 Å². The Bertz CT molecular complexity index is 756. The number of benzene rings is 1. The molecule has 3 heteroatoms. The minimum absolute atomic E-state index is 0.0387. The van der Waals surface area contributed by atoms with Gasteiger partial charge in [0.2, 0.25) is 5.12 Å². The molecule has 2 nitrogen and oxygen atoms in total. The van der Waals surface area contributed by atoms with Crippen LogP contribution in [-0.4, -0.2) is 15.0 Å². The molecular weight excluding hydrogens is 304 g/mol. The molecule has 0 radical (unpaired) electrons. The number of aliphatic hydroxyl groups excluding tert-OH is 1. The van der Waals surface area contributed by atoms with Crippen molar-refractivity contribution in [3.63, 3.8) is 0 Å². The average Bonchev–Trinajstić information content (AvgIpc) is 2.69. The van der Waals surface area contributed by atoms with Gasteiger partial charge in [-0.25, -0.2) is 0 Å². The SMILES string of the molecule is Cc1cc(C2=CCCC=C2)cc(C)c1C1=C(O)C(C)(C)SC1=O. The summed E-state index contributed by atoms with van der Waals surface area (Å²) in [5.41, 5.74) is 5.85. The molecule has 0 amide bonds. The van der Waals surface area contributed by atoms with Crippen LogP contribution in [0.3, 0.4) is 0 Å². The van der Waals surface area contributed by atoms with E-state index in [4.69, 9.17) is 0 Å². The molecule has 1 aromatic rings. The maximum atomic E-state index is 12.4. The van der Waals surface area contributed by atoms with E-state index in [2.05, 4.69) is 30.4 Å². The van der Waals surface area contributed by atoms with Gasteiger partial charge in [0.15, 0.2) is 0 Å². The maximum absolute atomic E-state index is 12.4. The minimum atomic E-state index is -0.543. The molecule has 3 rings (SSSR count). The van der Waals surface area contributed by atoms with Crippen LogP contribution in [-0.2, 0) is 4.79 Å². The van der Waals surface area contributed by atoms with Gasteiger partial charge in [-0.1, -0.05) is 42.1 Å². The van der Waals surface area contributed by atoms with E-state index in [1.807, 2.05) is 27.7 Å². The molecule has 0 aromatic heterocycles. The lowest BCUT2D eigenvalue weighted by atomic mass is 9.89. The molecule has 1 aliphatic carbocycles. The fourth-order valence-corrected chi connectivity index (χ4v) is 4.26. The third-order valence-electron chi connectivity index (χ3n) is 4.47. The van der Waals surface area contributed by atoms with Crippen LogP contribution < -0.4 is 0 Å². The first-order chi connectivity index (χ1) is 10.8. The van der Waals surface area contributed by atoms with Gasteiger partial charge in [0, 0.05) is 0 Å². The van der Waals surface area contributed by atoms with Crippen LogP contribution in [0.5, 0.6) is 0 Å². The zero-order chi connectivity index (χ0) is 16.8. The second-order valence-electron chi connectivity index (χ2n) is 6.75. The molecule has 0 saturated carbocycles. The van der Waals surface area contributed by atoms with E-state index in [1.54, 1.807) is 0 Å². The van der Waals surface area contributed by atoms with E-state index < -0.39 is 4.75 Å². The summed E-state index contributed by atoms with van der Waals surface area (Å²) in [6, 6.07) is 4.24. The summed E-state index contributed by atoms with van der Waals surface area (Å²) >= 11 is 1.20. The van der Waals surface area contributed by atoms with Gasteiger partial charge in [-0.2, -0.15) is 0 Å². The zero-order valence-corrected chi connectivity index (χ0v) is 14.9. The lowest BCUT2D eigenvalue weighted by molar-refractivity contribution is -0.106. The van der Waals surface area contributed by atoms with E-state index in [9.17, 15) is 9.90 Å². The van der Waals surface area contributed by atoms with Crippen molar-refractivity contribution in [3.05, 3.63) is 58.4 Å². The van der Waals surface area contributed by atoms with Crippen molar-refractivity contribution in [2.24, 2.45) is 0 Å². The van der Waals surface area contributed by atoms with Crippen molar-refractivity contribution in [1.82, 2.24) is 0 Å². The van der Waals surface area contributed by atoms with E-state index in [0.29, 0.717) is 5.57 Å². The van der Waals surface area contributed by atoms with Crippen molar-refractivity contribution >= 4 is 28.0 Å². The monoisotopic (exact) mass is 326 g/mol. The molecule has 1 aromatic carbocycles. The number of thioether (sulfide) groups is 1. The van der Waals surface area contributed by atoms with Crippen molar-refractivity contribution in [3.8, 4) is 0 Å². The molecule has 0 atom stereocenters. The number of carbonyl (C=O) groups excluding carboxylic acids is 1. The smallest absolute Gasteiger partial charge is 0.224 e. The van der Waals surface area contributed by atoms with Gasteiger partial charge in [-0.3, -0.25) is 4.79 Å². The summed E-state index contributed by atoms with van der Waals surface area (Å²) in [7, 11) is 0. The van der Waals surface area contributed by atoms with Crippen LogP contribution in [0.4, 0.5) is 0 Å². The molecule has 1 aliphatic heterocycles. The second kappa shape index (κ2) is 5.72. The topological polar surface area (TPSA) is 37.3 Å². The number of hydrogen-bond acceptors (Lipinski definition) is 3. The van der Waals surface area contributed by atoms with Gasteiger partial charge < -0.3 is 5.11 Å². The third kappa shape index (κ3) is 2.78. The molecule has 0 saturated heterocycles. The summed E-state index contributed by atoms with van der Waals surface area (Å²) in [5.74, 6) is 0.197. The van der Waals surface area contributed by atoms with Crippen molar-refractivity contribution in [2.45, 2.75) is 45.3 Å². The second-order valence-corrected chi connectivity index (χ2v) is 8.34. The number of aryl methyl sites for hydroxylation is 2. The Balaban J connectivity index is 2.12. The molecule has 1 heterocycles. The fraction of sp³-hybridized carbons (Fsp3) is 0.350. The summed E-state index contributed by atoms with van der Waals surface area (Å²) in [6.07, 6.45) is 8.78. The van der Waals surface area contributed by atoms with Gasteiger partial charge in [0.1, 0.15) is 5.76 Å². The first-order valence-electron chi connectivity index (χ1n) is 7.97. The minimum Gasteiger partial charge on any atom is -0.510 e. The van der Waals surface area contributed by atoms with E-state index in [0.717, 1.165) is 29.5 Å². The quantitative estimate of drug-likeness (QED) is 0.795. The van der Waals surface area contributed by atoms with E-state index >= 15 is 0 Å². The van der Waals surface area contributed by atoms with Gasteiger partial charge >= 0.3 is 0 Å². The Morgan fingerprint density at radius 2 is 1.78 bits per heavy atom. The summed E-state index contributed by atoms with van der Waals surface area (Å²) in [4.78, 5) is 12.4. The number of rotatable bonds is 2. The molecule has 1 N–H and O–H groups in total. The predicted octanol–water partition coefficient (Wildman–Crippen LogP) is 5.36. The number of carbonyl (C=O) groups is 1. The molecule has 120 valence electrons. The molecule has 23 heavy (non-hydrogen) atoms. The molecule has 0 spiro atoms. The van der Waals surface area contributed by atoms with Crippen LogP contribution in [0.2, 0.25) is 0 Å². The number of allylic oxidation sites excluding steroid dienone is 4. The first kappa shape index (κ1) is 16.1. The first-order valence-corrected chi connectivity index (χ1v) is 8.78. The fourth-order valence-electron chi connectivity index (χ4n) is 3.30. The van der Waals surface area contributed by atoms with E-state index in [-0.39, 0.29) is 10.9 Å². The number of hydrogen-bond donors (Lipinski definition) is 1. The standard InChI is InChI=1S/C20H22O2S/c1-12-10-15(14-8-6-5-7-9-14)11-13(2)16(12)17-18(21)20(3,4)23-19(17)22/h6,8-11,21H,5,7H2,1-4H3. The number of aliphatic hydroxyl groups is 1. The van der Waals surface area contributed by atoms with Gasteiger partial charge in [-0.05, 0) is 68.4 Å². The Labute approximate surface area is 142 Å². The van der Waals surface area contributed by atoms with Crippen molar-refractivity contribution in [1.29, 1.82) is 0 Å². The summed E-state index contributed by atoms with van der Waals surface area (Å²) in [6.45, 7) is 7.80. The van der Waals surface area contributed by atoms with Crippen LogP contribution in [0.25, 0.3) is 11.1 Å². The Hall–Kier alpha value is -1.74. The lowest BCUT2D eigenvalue weighted by Gasteiger charge is -2.16.